The molecule has 106 valence electrons. The van der Waals surface area contributed by atoms with E-state index in [1.807, 2.05) is 12.1 Å². The highest BCUT2D eigenvalue weighted by molar-refractivity contribution is 9.11. The molecule has 2 rings (SSSR count). The fourth-order valence-corrected chi connectivity index (χ4v) is 4.05. The Balaban J connectivity index is 1.97. The van der Waals surface area contributed by atoms with Crippen molar-refractivity contribution in [1.82, 2.24) is 15.0 Å². The molecule has 0 radical (unpaired) electrons. The average molecular weight is 469 g/mol. The van der Waals surface area contributed by atoms with E-state index in [4.69, 9.17) is 5.11 Å². The Bertz CT molecular complexity index is 621. The number of nitrogens with one attached hydrogen (secondary N) is 1. The molecule has 2 N–H and O–H groups in total. The summed E-state index contributed by atoms with van der Waals surface area (Å²) in [6, 6.07) is 3.87. The monoisotopic (exact) mass is 466 g/mol. The molecule has 1 heterocycles. The predicted molar refractivity (Wildman–Crippen MR) is 85.0 cm³/mol. The van der Waals surface area contributed by atoms with Crippen molar-refractivity contribution >= 4 is 59.4 Å². The van der Waals surface area contributed by atoms with Crippen LogP contribution in [0.1, 0.15) is 10.5 Å². The first kappa shape index (κ1) is 15.5. The van der Waals surface area contributed by atoms with Crippen LogP contribution in [0.3, 0.4) is 0 Å². The molecular weight excluding hydrogens is 460 g/mol. The minimum Gasteiger partial charge on any atom is -0.476 e. The largest absolute Gasteiger partial charge is 0.476 e. The summed E-state index contributed by atoms with van der Waals surface area (Å²) in [4.78, 5) is 10.7. The predicted octanol–water partition coefficient (Wildman–Crippen LogP) is 3.38. The Hall–Kier alpha value is -0.930. The van der Waals surface area contributed by atoms with Crippen molar-refractivity contribution in [3.05, 3.63) is 37.4 Å². The van der Waals surface area contributed by atoms with Gasteiger partial charge in [-0.25, -0.2) is 9.48 Å². The number of nitrogens with zero attached hydrogens (tertiary/aromatic N) is 3. The number of carboxylic acid groups (broad SMARTS) is 1. The molecule has 0 unspecified atom stereocenters. The second-order valence-electron chi connectivity index (χ2n) is 3.84. The van der Waals surface area contributed by atoms with Crippen molar-refractivity contribution in [1.29, 1.82) is 0 Å². The molecule has 6 nitrogen and oxygen atoms in total. The number of hydrogen-bond acceptors (Lipinski definition) is 4. The van der Waals surface area contributed by atoms with E-state index in [2.05, 4.69) is 63.4 Å². The third kappa shape index (κ3) is 3.80. The molecule has 0 aliphatic carbocycles. The number of hydrogen-bond donors (Lipinski definition) is 2. The summed E-state index contributed by atoms with van der Waals surface area (Å²) in [5.41, 5.74) is 0.864. The Kier molecular flexibility index (Phi) is 5.17. The van der Waals surface area contributed by atoms with Crippen LogP contribution < -0.4 is 5.32 Å². The minimum atomic E-state index is -1.08. The second kappa shape index (κ2) is 6.68. The lowest BCUT2D eigenvalue weighted by Gasteiger charge is -2.11. The Labute approximate surface area is 139 Å². The molecular formula is C11H9Br3N4O2. The number of benzene rings is 1. The quantitative estimate of drug-likeness (QED) is 0.703. The Morgan fingerprint density at radius 1 is 1.30 bits per heavy atom. The first-order chi connectivity index (χ1) is 9.47. The molecule has 0 aliphatic heterocycles. The van der Waals surface area contributed by atoms with Crippen LogP contribution in [0.25, 0.3) is 0 Å². The molecule has 20 heavy (non-hydrogen) atoms. The van der Waals surface area contributed by atoms with Gasteiger partial charge in [-0.15, -0.1) is 5.10 Å². The summed E-state index contributed by atoms with van der Waals surface area (Å²) in [6.45, 7) is 1.09. The SMILES string of the molecule is O=C(O)c1cn(CCNc2c(Br)cc(Br)cc2Br)nn1. The number of carboxylic acids is 1. The van der Waals surface area contributed by atoms with Gasteiger partial charge in [0.05, 0.1) is 18.4 Å². The van der Waals surface area contributed by atoms with Gasteiger partial charge < -0.3 is 10.4 Å². The van der Waals surface area contributed by atoms with Crippen molar-refractivity contribution < 1.29 is 9.90 Å². The molecule has 0 saturated carbocycles. The minimum absolute atomic E-state index is 0.0593. The van der Waals surface area contributed by atoms with Gasteiger partial charge in [0, 0.05) is 20.0 Å². The zero-order valence-corrected chi connectivity index (χ0v) is 14.7. The lowest BCUT2D eigenvalue weighted by atomic mass is 10.3. The fourth-order valence-electron chi connectivity index (χ4n) is 1.51. The van der Waals surface area contributed by atoms with Crippen LogP contribution in [-0.4, -0.2) is 32.6 Å². The molecule has 0 saturated heterocycles. The van der Waals surface area contributed by atoms with Crippen molar-refractivity contribution in [2.45, 2.75) is 6.54 Å². The number of rotatable bonds is 5. The maximum Gasteiger partial charge on any atom is 0.358 e. The molecule has 2 aromatic rings. The van der Waals surface area contributed by atoms with E-state index in [9.17, 15) is 4.79 Å². The third-order valence-electron chi connectivity index (χ3n) is 2.41. The van der Waals surface area contributed by atoms with E-state index in [1.165, 1.54) is 10.9 Å². The maximum absolute atomic E-state index is 10.7. The van der Waals surface area contributed by atoms with Gasteiger partial charge in [-0.05, 0) is 44.0 Å². The lowest BCUT2D eigenvalue weighted by molar-refractivity contribution is 0.0690. The number of aromatic carboxylic acids is 1. The normalized spacial score (nSPS) is 10.6. The van der Waals surface area contributed by atoms with Gasteiger partial charge in [0.15, 0.2) is 5.69 Å². The van der Waals surface area contributed by atoms with E-state index in [0.717, 1.165) is 19.1 Å². The van der Waals surface area contributed by atoms with Gasteiger partial charge in [0.1, 0.15) is 0 Å². The van der Waals surface area contributed by atoms with E-state index >= 15 is 0 Å². The highest BCUT2D eigenvalue weighted by Gasteiger charge is 2.09. The van der Waals surface area contributed by atoms with Crippen molar-refractivity contribution in [2.75, 3.05) is 11.9 Å². The van der Waals surface area contributed by atoms with Gasteiger partial charge >= 0.3 is 5.97 Å². The third-order valence-corrected chi connectivity index (χ3v) is 4.12. The molecule has 0 aliphatic rings. The molecule has 1 aromatic heterocycles. The Morgan fingerprint density at radius 3 is 2.50 bits per heavy atom. The van der Waals surface area contributed by atoms with Crippen LogP contribution >= 0.6 is 47.8 Å². The molecule has 9 heteroatoms. The first-order valence-corrected chi connectivity index (χ1v) is 7.87. The standard InChI is InChI=1S/C11H9Br3N4O2/c12-6-3-7(13)10(8(14)4-6)15-1-2-18-5-9(11(19)20)16-17-18/h3-5,15H,1-2H2,(H,19,20). The molecule has 0 fully saturated rings. The number of anilines is 1. The number of aromatic nitrogens is 3. The molecule has 0 bridgehead atoms. The van der Waals surface area contributed by atoms with Crippen LogP contribution in [0.4, 0.5) is 5.69 Å². The number of halogens is 3. The van der Waals surface area contributed by atoms with Crippen molar-refractivity contribution in [3.8, 4) is 0 Å². The van der Waals surface area contributed by atoms with Crippen LogP contribution in [0.5, 0.6) is 0 Å². The van der Waals surface area contributed by atoms with E-state index in [-0.39, 0.29) is 5.69 Å². The van der Waals surface area contributed by atoms with Crippen LogP contribution in [0.2, 0.25) is 0 Å². The van der Waals surface area contributed by atoms with Crippen molar-refractivity contribution in [2.24, 2.45) is 0 Å². The highest BCUT2D eigenvalue weighted by Crippen LogP contribution is 2.34. The summed E-state index contributed by atoms with van der Waals surface area (Å²) in [7, 11) is 0. The van der Waals surface area contributed by atoms with Gasteiger partial charge in [-0.3, -0.25) is 0 Å². The van der Waals surface area contributed by atoms with Crippen LogP contribution in [-0.2, 0) is 6.54 Å². The van der Waals surface area contributed by atoms with E-state index in [1.54, 1.807) is 0 Å². The molecule has 0 atom stereocenters. The summed E-state index contributed by atoms with van der Waals surface area (Å²) in [5, 5.41) is 19.3. The van der Waals surface area contributed by atoms with Gasteiger partial charge in [-0.1, -0.05) is 21.1 Å². The summed E-state index contributed by atoms with van der Waals surface area (Å²) >= 11 is 10.3. The summed E-state index contributed by atoms with van der Waals surface area (Å²) < 4.78 is 4.29. The second-order valence-corrected chi connectivity index (χ2v) is 6.47. The number of carbonyl (C=O) groups is 1. The van der Waals surface area contributed by atoms with Crippen LogP contribution in [0, 0.1) is 0 Å². The molecule has 0 amide bonds. The fraction of sp³-hybridized carbons (Fsp3) is 0.182. The van der Waals surface area contributed by atoms with Gasteiger partial charge in [0.2, 0.25) is 0 Å². The Morgan fingerprint density at radius 2 is 1.95 bits per heavy atom. The molecule has 1 aromatic carbocycles. The summed E-state index contributed by atoms with van der Waals surface area (Å²) in [5.74, 6) is -1.08. The van der Waals surface area contributed by atoms with E-state index in [0.29, 0.717) is 13.1 Å². The smallest absolute Gasteiger partial charge is 0.358 e. The summed E-state index contributed by atoms with van der Waals surface area (Å²) in [6.07, 6.45) is 1.40. The zero-order valence-electron chi connectivity index (χ0n) is 9.98. The van der Waals surface area contributed by atoms with Gasteiger partial charge in [0.25, 0.3) is 0 Å². The van der Waals surface area contributed by atoms with Crippen LogP contribution in [0.15, 0.2) is 31.7 Å². The average Bonchev–Trinajstić information content (AvgIpc) is 2.81. The zero-order chi connectivity index (χ0) is 14.7. The first-order valence-electron chi connectivity index (χ1n) is 5.49. The van der Waals surface area contributed by atoms with Crippen molar-refractivity contribution in [3.63, 3.8) is 0 Å². The topological polar surface area (TPSA) is 80.0 Å². The van der Waals surface area contributed by atoms with E-state index < -0.39 is 5.97 Å². The lowest BCUT2D eigenvalue weighted by Crippen LogP contribution is -2.11. The maximum atomic E-state index is 10.7. The highest BCUT2D eigenvalue weighted by atomic mass is 79.9. The molecule has 0 spiro atoms. The van der Waals surface area contributed by atoms with Gasteiger partial charge in [-0.2, -0.15) is 0 Å².